The van der Waals surface area contributed by atoms with Crippen LogP contribution in [-0.2, 0) is 19.0 Å². The Labute approximate surface area is 554 Å². The van der Waals surface area contributed by atoms with E-state index in [1.807, 2.05) is 26.8 Å². The van der Waals surface area contributed by atoms with Crippen molar-refractivity contribution < 1.29 is 18.3 Å². The van der Waals surface area contributed by atoms with Crippen molar-refractivity contribution in [2.45, 2.75) is 78.3 Å². The van der Waals surface area contributed by atoms with E-state index in [4.69, 9.17) is 26.9 Å². The van der Waals surface area contributed by atoms with E-state index in [0.29, 0.717) is 87.5 Å². The zero-order valence-electron chi connectivity index (χ0n) is 54.0. The van der Waals surface area contributed by atoms with E-state index in [9.17, 15) is 27.6 Å². The van der Waals surface area contributed by atoms with Crippen LogP contribution in [0.1, 0.15) is 89.9 Å². The third-order valence-corrected chi connectivity index (χ3v) is 17.7. The summed E-state index contributed by atoms with van der Waals surface area (Å²) in [5.74, 6) is 5.88. The average molecular weight is 1320 g/mol. The number of hydrogen-bond acceptors (Lipinski definition) is 17. The van der Waals surface area contributed by atoms with Crippen LogP contribution in [0.25, 0.3) is 50.7 Å². The summed E-state index contributed by atoms with van der Waals surface area (Å²) in [7, 11) is 1.00. The van der Waals surface area contributed by atoms with Crippen LogP contribution in [0.2, 0.25) is 0 Å². The van der Waals surface area contributed by atoms with E-state index >= 15 is 0 Å². The van der Waals surface area contributed by atoms with Crippen LogP contribution in [0.4, 0.5) is 13.2 Å². The molecule has 5 N–H and O–H groups in total. The maximum absolute atomic E-state index is 13.6. The first-order valence-corrected chi connectivity index (χ1v) is 32.0. The molecule has 496 valence electrons. The van der Waals surface area contributed by atoms with E-state index in [0.717, 1.165) is 92.1 Å². The van der Waals surface area contributed by atoms with Crippen molar-refractivity contribution in [3.63, 3.8) is 0 Å². The molecule has 0 saturated carbocycles. The van der Waals surface area contributed by atoms with E-state index < -0.39 is 0 Å². The molecule has 8 aromatic heterocycles. The second-order valence-corrected chi connectivity index (χ2v) is 24.5. The summed E-state index contributed by atoms with van der Waals surface area (Å²) < 4.78 is 45.2. The summed E-state index contributed by atoms with van der Waals surface area (Å²) in [6.07, 6.45) is 11.4. The Balaban J connectivity index is 0.000000137. The fourth-order valence-corrected chi connectivity index (χ4v) is 12.7. The van der Waals surface area contributed by atoms with Crippen molar-refractivity contribution in [1.82, 2.24) is 93.8 Å². The maximum atomic E-state index is 13.6. The van der Waals surface area contributed by atoms with Crippen molar-refractivity contribution >= 4 is 28.2 Å². The van der Waals surface area contributed by atoms with E-state index in [1.54, 1.807) is 68.7 Å². The van der Waals surface area contributed by atoms with Crippen LogP contribution >= 0.6 is 11.6 Å². The van der Waals surface area contributed by atoms with Gasteiger partial charge >= 0.3 is 0 Å². The van der Waals surface area contributed by atoms with Gasteiger partial charge in [0.05, 0.1) is 31.0 Å². The number of benzene rings is 4. The smallest absolute Gasteiger partial charge is 0.276 e. The highest BCUT2D eigenvalue weighted by molar-refractivity contribution is 6.16. The molecule has 15 rings (SSSR count). The molecule has 23 nitrogen and oxygen atoms in total. The molecule has 3 aliphatic rings. The molecular formula is C69H73ClF3N19O4. The average Bonchev–Trinajstić information content (AvgIpc) is 1.59. The number of nitrogens with zero attached hydrogens (tertiary/aromatic N) is 15. The molecule has 6 atom stereocenters. The van der Waals surface area contributed by atoms with Gasteiger partial charge in [-0.3, -0.25) is 24.2 Å². The van der Waals surface area contributed by atoms with E-state index in [1.165, 1.54) is 60.6 Å². The topological polar surface area (TPSA) is 279 Å². The number of H-pyrrole nitrogens is 3. The van der Waals surface area contributed by atoms with Gasteiger partial charge in [0.2, 0.25) is 0 Å². The molecule has 0 radical (unpaired) electrons. The number of aliphatic hydroxyl groups is 1. The molecule has 0 aliphatic carbocycles. The van der Waals surface area contributed by atoms with Crippen molar-refractivity contribution in [1.29, 1.82) is 0 Å². The second kappa shape index (κ2) is 30.2. The summed E-state index contributed by atoms with van der Waals surface area (Å²) in [6.45, 7) is 18.5. The first kappa shape index (κ1) is 67.4. The fourth-order valence-electron chi connectivity index (χ4n) is 12.6. The summed E-state index contributed by atoms with van der Waals surface area (Å²) in [5.41, 5.74) is 6.25. The molecule has 0 spiro atoms. The van der Waals surface area contributed by atoms with E-state index in [-0.39, 0.29) is 51.9 Å². The van der Waals surface area contributed by atoms with Crippen LogP contribution in [-0.4, -0.2) is 140 Å². The van der Waals surface area contributed by atoms with Crippen LogP contribution in [0, 0.1) is 56.0 Å². The number of likely N-dealkylation sites (tertiary alicyclic amines) is 2. The van der Waals surface area contributed by atoms with Gasteiger partial charge < -0.3 is 25.4 Å². The Kier molecular flexibility index (Phi) is 21.2. The van der Waals surface area contributed by atoms with Crippen molar-refractivity contribution in [3.05, 3.63) is 240 Å². The van der Waals surface area contributed by atoms with Gasteiger partial charge in [0.1, 0.15) is 46.6 Å². The number of imidazole rings is 3. The minimum Gasteiger partial charge on any atom is -0.400 e. The molecule has 12 aromatic rings. The molecule has 27 heteroatoms. The third kappa shape index (κ3) is 15.1. The number of hydrogen-bond donors (Lipinski definition) is 5. The number of rotatable bonds is 11. The summed E-state index contributed by atoms with van der Waals surface area (Å²) in [5, 5.41) is 24.5. The Morgan fingerprint density at radius 3 is 1.22 bits per heavy atom. The standard InChI is InChI=1S/C24H24FN5O.C22H22FN7O.C17H18FN5O.C5H5ClN2.CH4O/c1-15-10-18(25)8-9-19(15)23-26-11-21-24(31)27-22(28-30(21)23)20-14-29(12-16(20)2)13-17-6-4-3-5-7-17;1-13-8-15(23)4-5-16(13)21-26-9-18-22(31)27-20(28-30(18)21)17-11-29(10-14(17)2)12-19-24-6-3-7-25-19;1-9-5-11(18)3-4-12(9)16-20-8-14-17(24)21-15(22-23(14)16)13-7-19-6-10(13)2;6-4-5-7-2-1-3-8-5;1-2/h3-11,16,20H,12-14H2,1-2H3,(H,27,28,31);3-9,14,17H,10-12H2,1-2H3,(H,27,28,31);3-5,8,10,13,19H,6-7H2,1-2H3,(H,21,22,24);1-3H,4H2;2H,1H3. The number of alkyl halides is 1. The molecule has 4 aromatic carbocycles. The molecule has 0 amide bonds. The van der Waals surface area contributed by atoms with Crippen molar-refractivity contribution in [2.24, 2.45) is 17.8 Å². The third-order valence-electron chi connectivity index (χ3n) is 17.5. The molecule has 3 fully saturated rings. The van der Waals surface area contributed by atoms with Gasteiger partial charge in [-0.05, 0) is 134 Å². The highest BCUT2D eigenvalue weighted by Gasteiger charge is 2.35. The minimum atomic E-state index is -0.309. The SMILES string of the molecule is CO.Cc1cc(F)ccc1-c1ncc2c(=O)[nH]c(C3CN(Cc4ccccc4)CC3C)nn12.Cc1cc(F)ccc1-c1ncc2c(=O)[nH]c(C3CN(Cc4ncccn4)CC3C)nn12.Cc1cc(F)ccc1-c1ncc2c(=O)[nH]c(C3CNCC3C)nn12.ClCc1ncccn1. The normalized spacial score (nSPS) is 18.5. The predicted octanol–water partition coefficient (Wildman–Crippen LogP) is 9.00. The lowest BCUT2D eigenvalue weighted by molar-refractivity contribution is 0.310. The van der Waals surface area contributed by atoms with Crippen LogP contribution < -0.4 is 22.0 Å². The molecule has 3 saturated heterocycles. The van der Waals surface area contributed by atoms with Gasteiger partial charge in [0.25, 0.3) is 16.7 Å². The van der Waals surface area contributed by atoms with Gasteiger partial charge in [-0.25, -0.2) is 61.6 Å². The van der Waals surface area contributed by atoms with Gasteiger partial charge in [0.15, 0.2) is 34.0 Å². The van der Waals surface area contributed by atoms with Crippen molar-refractivity contribution in [2.75, 3.05) is 46.4 Å². The molecule has 0 bridgehead atoms. The summed E-state index contributed by atoms with van der Waals surface area (Å²) in [6, 6.07) is 27.5. The fraction of sp³-hybridized carbons (Fsp3) is 0.319. The Morgan fingerprint density at radius 1 is 0.469 bits per heavy atom. The van der Waals surface area contributed by atoms with Gasteiger partial charge in [-0.15, -0.1) is 11.6 Å². The number of halogens is 4. The number of fused-ring (bicyclic) bond motifs is 3. The van der Waals surface area contributed by atoms with Crippen LogP contribution in [0.15, 0.2) is 155 Å². The van der Waals surface area contributed by atoms with E-state index in [2.05, 4.69) is 115 Å². The minimum absolute atomic E-state index is 0.0605. The van der Waals surface area contributed by atoms with Gasteiger partial charge in [-0.1, -0.05) is 51.1 Å². The number of aromatic amines is 3. The lowest BCUT2D eigenvalue weighted by atomic mass is 9.97. The number of aromatic nitrogens is 16. The Hall–Kier alpha value is -9.99. The predicted molar refractivity (Wildman–Crippen MR) is 359 cm³/mol. The highest BCUT2D eigenvalue weighted by Crippen LogP contribution is 2.34. The second-order valence-electron chi connectivity index (χ2n) is 24.3. The maximum Gasteiger partial charge on any atom is 0.276 e. The largest absolute Gasteiger partial charge is 0.400 e. The first-order valence-electron chi connectivity index (χ1n) is 31.4. The zero-order valence-corrected chi connectivity index (χ0v) is 54.8. The van der Waals surface area contributed by atoms with Crippen LogP contribution in [0.5, 0.6) is 0 Å². The molecule has 11 heterocycles. The Bertz CT molecular complexity index is 4630. The lowest BCUT2D eigenvalue weighted by Gasteiger charge is -2.16. The summed E-state index contributed by atoms with van der Waals surface area (Å²) in [4.78, 5) is 80.9. The van der Waals surface area contributed by atoms with Gasteiger partial charge in [0, 0.05) is 106 Å². The number of aliphatic hydroxyl groups excluding tert-OH is 1. The van der Waals surface area contributed by atoms with Gasteiger partial charge in [-0.2, -0.15) is 15.3 Å². The molecular weight excluding hydrogens is 1250 g/mol. The highest BCUT2D eigenvalue weighted by atomic mass is 35.5. The zero-order chi connectivity index (χ0) is 67.7. The van der Waals surface area contributed by atoms with Crippen LogP contribution in [0.3, 0.4) is 0 Å². The Morgan fingerprint density at radius 2 is 0.854 bits per heavy atom. The first-order chi connectivity index (χ1) is 46.5. The van der Waals surface area contributed by atoms with Crippen molar-refractivity contribution in [3.8, 4) is 34.2 Å². The molecule has 3 aliphatic heterocycles. The quantitative estimate of drug-likeness (QED) is 0.0755. The molecule has 6 unspecified atom stereocenters. The number of nitrogens with one attached hydrogen (secondary N) is 4. The molecule has 96 heavy (non-hydrogen) atoms. The lowest BCUT2D eigenvalue weighted by Crippen LogP contribution is -2.23. The monoisotopic (exact) mass is 1320 g/mol. The number of aryl methyl sites for hydroxylation is 3. The summed E-state index contributed by atoms with van der Waals surface area (Å²) >= 11 is 5.40.